The molecule has 1 aliphatic carbocycles. The smallest absolute Gasteiger partial charge is 0.405 e. The number of urea groups is 1. The summed E-state index contributed by atoms with van der Waals surface area (Å²) in [5, 5.41) is 5.44. The summed E-state index contributed by atoms with van der Waals surface area (Å²) in [6.07, 6.45) is 1.48. The lowest BCUT2D eigenvalue weighted by Gasteiger charge is -2.22. The lowest BCUT2D eigenvalue weighted by Crippen LogP contribution is -2.39. The number of alkyl halides is 3. The number of amides is 2. The molecule has 5 nitrogen and oxygen atoms in total. The largest absolute Gasteiger partial charge is 0.573 e. The van der Waals surface area contributed by atoms with Gasteiger partial charge in [-0.2, -0.15) is 0 Å². The first-order valence-electron chi connectivity index (χ1n) is 8.89. The van der Waals surface area contributed by atoms with Gasteiger partial charge in [0.1, 0.15) is 17.4 Å². The highest BCUT2D eigenvalue weighted by molar-refractivity contribution is 5.89. The Morgan fingerprint density at radius 3 is 2.57 bits per heavy atom. The molecule has 1 fully saturated rings. The van der Waals surface area contributed by atoms with Crippen molar-refractivity contribution in [1.82, 2.24) is 10.3 Å². The molecule has 0 bridgehead atoms. The lowest BCUT2D eigenvalue weighted by molar-refractivity contribution is -0.274. The molecule has 150 valence electrons. The Morgan fingerprint density at radius 1 is 1.11 bits per heavy atom. The van der Waals surface area contributed by atoms with Gasteiger partial charge in [-0.3, -0.25) is 5.32 Å². The van der Waals surface area contributed by atoms with Crippen LogP contribution in [0.5, 0.6) is 5.75 Å². The predicted octanol–water partition coefficient (Wildman–Crippen LogP) is 5.24. The maximum Gasteiger partial charge on any atom is 0.573 e. The van der Waals surface area contributed by atoms with Crippen molar-refractivity contribution in [2.45, 2.75) is 44.5 Å². The zero-order valence-electron chi connectivity index (χ0n) is 14.9. The third kappa shape index (κ3) is 5.58. The Balaban J connectivity index is 1.77. The normalized spacial score (nSPS) is 15.1. The number of nitrogens with zero attached hydrogens (tertiary/aromatic N) is 1. The molecule has 1 aromatic heterocycles. The average molecular weight is 397 g/mol. The molecule has 1 aliphatic rings. The number of pyridine rings is 1. The van der Waals surface area contributed by atoms with Gasteiger partial charge in [0.15, 0.2) is 0 Å². The second-order valence-corrected chi connectivity index (χ2v) is 6.55. The van der Waals surface area contributed by atoms with Crippen molar-refractivity contribution in [2.24, 2.45) is 0 Å². The lowest BCUT2D eigenvalue weighted by atomic mass is 9.96. The van der Waals surface area contributed by atoms with E-state index < -0.39 is 24.0 Å². The zero-order chi connectivity index (χ0) is 20.1. The summed E-state index contributed by atoms with van der Waals surface area (Å²) in [6, 6.07) is 5.38. The van der Waals surface area contributed by atoms with Gasteiger partial charge in [-0.15, -0.1) is 13.2 Å². The van der Waals surface area contributed by atoms with E-state index in [9.17, 15) is 22.4 Å². The van der Waals surface area contributed by atoms with Gasteiger partial charge in [0.2, 0.25) is 0 Å². The van der Waals surface area contributed by atoms with Crippen molar-refractivity contribution in [3.05, 3.63) is 42.3 Å². The molecule has 0 radical (unpaired) electrons. The Morgan fingerprint density at radius 2 is 1.86 bits per heavy atom. The van der Waals surface area contributed by atoms with Crippen LogP contribution in [0.25, 0.3) is 11.1 Å². The van der Waals surface area contributed by atoms with Gasteiger partial charge in [-0.05, 0) is 42.7 Å². The number of carbonyl (C=O) groups is 1. The fourth-order valence-corrected chi connectivity index (χ4v) is 3.19. The molecule has 0 unspecified atom stereocenters. The van der Waals surface area contributed by atoms with E-state index in [0.29, 0.717) is 11.6 Å². The van der Waals surface area contributed by atoms with E-state index >= 15 is 0 Å². The van der Waals surface area contributed by atoms with Crippen LogP contribution in [0.15, 0.2) is 36.5 Å². The summed E-state index contributed by atoms with van der Waals surface area (Å²) in [5.41, 5.74) is 0.319. The van der Waals surface area contributed by atoms with Crippen LogP contribution < -0.4 is 15.4 Å². The first kappa shape index (κ1) is 19.9. The molecular weight excluding hydrogens is 378 g/mol. The minimum Gasteiger partial charge on any atom is -0.405 e. The number of halogens is 4. The van der Waals surface area contributed by atoms with E-state index in [0.717, 1.165) is 38.2 Å². The molecular formula is C19H19F4N3O2. The van der Waals surface area contributed by atoms with Crippen molar-refractivity contribution >= 4 is 11.8 Å². The predicted molar refractivity (Wildman–Crippen MR) is 95.3 cm³/mol. The summed E-state index contributed by atoms with van der Waals surface area (Å²) in [5.74, 6) is -1.37. The standard InChI is InChI=1S/C19H19F4N3O2/c20-13-6-7-15(16(11-13)28-19(21,22)23)12-8-9-24-17(10-12)26-18(27)25-14-4-2-1-3-5-14/h6-11,14H,1-5H2,(H2,24,25,26,27). The third-order valence-corrected chi connectivity index (χ3v) is 4.42. The SMILES string of the molecule is O=C(Nc1cc(-c2ccc(F)cc2OC(F)(F)F)ccn1)NC1CCCCC1. The zero-order valence-corrected chi connectivity index (χ0v) is 14.9. The molecule has 0 atom stereocenters. The molecule has 1 aromatic carbocycles. The quantitative estimate of drug-likeness (QED) is 0.694. The van der Waals surface area contributed by atoms with Crippen molar-refractivity contribution in [1.29, 1.82) is 0 Å². The summed E-state index contributed by atoms with van der Waals surface area (Å²) in [7, 11) is 0. The summed E-state index contributed by atoms with van der Waals surface area (Å²) in [4.78, 5) is 16.2. The van der Waals surface area contributed by atoms with Crippen LogP contribution >= 0.6 is 0 Å². The van der Waals surface area contributed by atoms with Gasteiger partial charge < -0.3 is 10.1 Å². The van der Waals surface area contributed by atoms with Gasteiger partial charge in [-0.25, -0.2) is 14.2 Å². The number of rotatable bonds is 4. The van der Waals surface area contributed by atoms with Gasteiger partial charge in [0, 0.05) is 23.9 Å². The molecule has 3 rings (SSSR count). The fourth-order valence-electron chi connectivity index (χ4n) is 3.19. The van der Waals surface area contributed by atoms with Crippen molar-refractivity contribution in [3.8, 4) is 16.9 Å². The van der Waals surface area contributed by atoms with Crippen LogP contribution in [0.1, 0.15) is 32.1 Å². The second-order valence-electron chi connectivity index (χ2n) is 6.55. The van der Waals surface area contributed by atoms with E-state index in [1.54, 1.807) is 0 Å². The minimum atomic E-state index is -4.96. The Bertz CT molecular complexity index is 836. The molecule has 0 spiro atoms. The molecule has 2 N–H and O–H groups in total. The first-order valence-corrected chi connectivity index (χ1v) is 8.89. The molecule has 0 aliphatic heterocycles. The topological polar surface area (TPSA) is 63.2 Å². The number of benzene rings is 1. The van der Waals surface area contributed by atoms with Crippen LogP contribution in [0.2, 0.25) is 0 Å². The van der Waals surface area contributed by atoms with E-state index in [1.807, 2.05) is 0 Å². The molecule has 1 saturated carbocycles. The number of ether oxygens (including phenoxy) is 1. The molecule has 1 heterocycles. The number of hydrogen-bond acceptors (Lipinski definition) is 3. The molecule has 0 saturated heterocycles. The summed E-state index contributed by atoms with van der Waals surface area (Å²) >= 11 is 0. The summed E-state index contributed by atoms with van der Waals surface area (Å²) in [6.45, 7) is 0. The van der Waals surface area contributed by atoms with Crippen LogP contribution in [-0.2, 0) is 0 Å². The minimum absolute atomic E-state index is 0.0249. The van der Waals surface area contributed by atoms with Crippen molar-refractivity contribution in [2.75, 3.05) is 5.32 Å². The van der Waals surface area contributed by atoms with Crippen molar-refractivity contribution in [3.63, 3.8) is 0 Å². The average Bonchev–Trinajstić information content (AvgIpc) is 2.61. The maximum atomic E-state index is 13.4. The van der Waals surface area contributed by atoms with E-state index in [-0.39, 0.29) is 17.4 Å². The van der Waals surface area contributed by atoms with Gasteiger partial charge in [0.25, 0.3) is 0 Å². The number of hydrogen-bond donors (Lipinski definition) is 2. The highest BCUT2D eigenvalue weighted by Gasteiger charge is 2.32. The van der Waals surface area contributed by atoms with Crippen molar-refractivity contribution < 1.29 is 27.1 Å². The Kier molecular flexibility index (Phi) is 6.01. The number of nitrogens with one attached hydrogen (secondary N) is 2. The number of anilines is 1. The van der Waals surface area contributed by atoms with Gasteiger partial charge >= 0.3 is 12.4 Å². The molecule has 2 aromatic rings. The number of carbonyl (C=O) groups excluding carboxylic acids is 1. The first-order chi connectivity index (χ1) is 13.3. The van der Waals surface area contributed by atoms with Crippen LogP contribution in [0, 0.1) is 5.82 Å². The fraction of sp³-hybridized carbons (Fsp3) is 0.368. The van der Waals surface area contributed by atoms with Crippen LogP contribution in [0.4, 0.5) is 28.2 Å². The number of aromatic nitrogens is 1. The van der Waals surface area contributed by atoms with Crippen LogP contribution in [0.3, 0.4) is 0 Å². The van der Waals surface area contributed by atoms with Crippen LogP contribution in [-0.4, -0.2) is 23.4 Å². The monoisotopic (exact) mass is 397 g/mol. The van der Waals surface area contributed by atoms with Gasteiger partial charge in [0.05, 0.1) is 0 Å². The summed E-state index contributed by atoms with van der Waals surface area (Å²) < 4.78 is 55.2. The highest BCUT2D eigenvalue weighted by atomic mass is 19.4. The third-order valence-electron chi connectivity index (χ3n) is 4.42. The maximum absolute atomic E-state index is 13.4. The highest BCUT2D eigenvalue weighted by Crippen LogP contribution is 2.35. The van der Waals surface area contributed by atoms with E-state index in [4.69, 9.17) is 0 Å². The molecule has 2 amide bonds. The van der Waals surface area contributed by atoms with E-state index in [1.165, 1.54) is 24.4 Å². The molecule has 28 heavy (non-hydrogen) atoms. The second kappa shape index (κ2) is 8.45. The molecule has 9 heteroatoms. The van der Waals surface area contributed by atoms with Gasteiger partial charge in [-0.1, -0.05) is 19.3 Å². The Hall–Kier alpha value is -2.84. The van der Waals surface area contributed by atoms with E-state index in [2.05, 4.69) is 20.4 Å². The Labute approximate surface area is 159 Å².